The van der Waals surface area contributed by atoms with Crippen molar-refractivity contribution in [3.05, 3.63) is 52.3 Å². The fourth-order valence-electron chi connectivity index (χ4n) is 1.64. The van der Waals surface area contributed by atoms with Crippen LogP contribution in [0.25, 0.3) is 11.1 Å². The predicted octanol–water partition coefficient (Wildman–Crippen LogP) is 4.14. The summed E-state index contributed by atoms with van der Waals surface area (Å²) in [5.74, 6) is 0.112. The molecule has 0 aliphatic rings. The molecule has 0 spiro atoms. The topological polar surface area (TPSA) is 33.0 Å². The van der Waals surface area contributed by atoms with E-state index < -0.39 is 0 Å². The second kappa shape index (κ2) is 5.19. The van der Waals surface area contributed by atoms with E-state index in [1.54, 1.807) is 30.3 Å². The monoisotopic (exact) mass is 305 g/mol. The van der Waals surface area contributed by atoms with Crippen molar-refractivity contribution in [1.29, 1.82) is 5.26 Å². The Morgan fingerprint density at radius 2 is 1.89 bits per heavy atom. The van der Waals surface area contributed by atoms with E-state index in [-0.39, 0.29) is 5.82 Å². The molecule has 0 fully saturated rings. The predicted molar refractivity (Wildman–Crippen MR) is 70.8 cm³/mol. The van der Waals surface area contributed by atoms with Gasteiger partial charge in [-0.15, -0.1) is 0 Å². The summed E-state index contributed by atoms with van der Waals surface area (Å²) in [5, 5.41) is 8.78. The summed E-state index contributed by atoms with van der Waals surface area (Å²) in [6.45, 7) is 0. The standard InChI is InChI=1S/C14H9BrFNO/c1-18-10-3-5-12(14(16)7-10)11-4-2-9(8-17)6-13(11)15/h2-7H,1H3. The molecule has 0 atom stereocenters. The highest BCUT2D eigenvalue weighted by molar-refractivity contribution is 9.10. The van der Waals surface area contributed by atoms with Crippen LogP contribution in [0.1, 0.15) is 5.56 Å². The summed E-state index contributed by atoms with van der Waals surface area (Å²) in [4.78, 5) is 0. The Bertz CT molecular complexity index is 634. The number of benzene rings is 2. The van der Waals surface area contributed by atoms with E-state index >= 15 is 0 Å². The average molecular weight is 306 g/mol. The third-order valence-electron chi connectivity index (χ3n) is 2.56. The number of nitriles is 1. The Balaban J connectivity index is 2.52. The molecule has 2 rings (SSSR count). The lowest BCUT2D eigenvalue weighted by Gasteiger charge is -2.08. The van der Waals surface area contributed by atoms with Crippen molar-refractivity contribution in [3.63, 3.8) is 0 Å². The molecule has 0 aromatic heterocycles. The lowest BCUT2D eigenvalue weighted by Crippen LogP contribution is -1.89. The number of rotatable bonds is 2. The molecule has 2 nitrogen and oxygen atoms in total. The quantitative estimate of drug-likeness (QED) is 0.835. The van der Waals surface area contributed by atoms with Gasteiger partial charge in [0, 0.05) is 16.1 Å². The zero-order chi connectivity index (χ0) is 13.1. The molecule has 0 N–H and O–H groups in total. The van der Waals surface area contributed by atoms with Crippen LogP contribution in [0.5, 0.6) is 5.75 Å². The van der Waals surface area contributed by atoms with Crippen LogP contribution in [0, 0.1) is 17.1 Å². The number of nitrogens with zero attached hydrogens (tertiary/aromatic N) is 1. The molecule has 0 bridgehead atoms. The number of hydrogen-bond donors (Lipinski definition) is 0. The van der Waals surface area contributed by atoms with E-state index in [2.05, 4.69) is 15.9 Å². The Morgan fingerprint density at radius 1 is 1.17 bits per heavy atom. The van der Waals surface area contributed by atoms with Crippen LogP contribution in [0.15, 0.2) is 40.9 Å². The van der Waals surface area contributed by atoms with Gasteiger partial charge in [-0.25, -0.2) is 4.39 Å². The molecule has 18 heavy (non-hydrogen) atoms. The Hall–Kier alpha value is -1.86. The maximum absolute atomic E-state index is 13.9. The minimum atomic E-state index is -0.361. The second-order valence-corrected chi connectivity index (χ2v) is 4.51. The van der Waals surface area contributed by atoms with Gasteiger partial charge in [-0.3, -0.25) is 0 Å². The minimum Gasteiger partial charge on any atom is -0.497 e. The van der Waals surface area contributed by atoms with Crippen LogP contribution in [0.2, 0.25) is 0 Å². The third-order valence-corrected chi connectivity index (χ3v) is 3.22. The summed E-state index contributed by atoms with van der Waals surface area (Å²) in [7, 11) is 1.49. The number of hydrogen-bond acceptors (Lipinski definition) is 2. The highest BCUT2D eigenvalue weighted by Gasteiger charge is 2.10. The third kappa shape index (κ3) is 2.36. The smallest absolute Gasteiger partial charge is 0.134 e. The summed E-state index contributed by atoms with van der Waals surface area (Å²) in [6.07, 6.45) is 0. The van der Waals surface area contributed by atoms with Gasteiger partial charge in [0.25, 0.3) is 0 Å². The molecule has 2 aromatic rings. The highest BCUT2D eigenvalue weighted by Crippen LogP contribution is 2.32. The van der Waals surface area contributed by atoms with Gasteiger partial charge in [-0.05, 0) is 29.8 Å². The number of halogens is 2. The molecular formula is C14H9BrFNO. The molecule has 0 aliphatic carbocycles. The van der Waals surface area contributed by atoms with Crippen molar-refractivity contribution < 1.29 is 9.13 Å². The Kier molecular flexibility index (Phi) is 3.63. The van der Waals surface area contributed by atoms with E-state index in [1.165, 1.54) is 13.2 Å². The molecule has 0 aliphatic heterocycles. The van der Waals surface area contributed by atoms with Gasteiger partial charge in [0.05, 0.1) is 18.7 Å². The fourth-order valence-corrected chi connectivity index (χ4v) is 2.24. The van der Waals surface area contributed by atoms with Crippen molar-refractivity contribution in [2.24, 2.45) is 0 Å². The minimum absolute atomic E-state index is 0.361. The summed E-state index contributed by atoms with van der Waals surface area (Å²) in [6, 6.07) is 11.8. The number of ether oxygens (including phenoxy) is 1. The molecule has 2 aromatic carbocycles. The van der Waals surface area contributed by atoms with Gasteiger partial charge in [0.1, 0.15) is 11.6 Å². The first kappa shape index (κ1) is 12.6. The molecule has 4 heteroatoms. The first-order chi connectivity index (χ1) is 8.65. The van der Waals surface area contributed by atoms with Crippen LogP contribution in [-0.2, 0) is 0 Å². The maximum Gasteiger partial charge on any atom is 0.134 e. The van der Waals surface area contributed by atoms with E-state index in [4.69, 9.17) is 10.00 Å². The first-order valence-electron chi connectivity index (χ1n) is 5.19. The van der Waals surface area contributed by atoms with E-state index in [0.29, 0.717) is 26.9 Å². The Morgan fingerprint density at radius 3 is 2.44 bits per heavy atom. The fraction of sp³-hybridized carbons (Fsp3) is 0.0714. The molecular weight excluding hydrogens is 297 g/mol. The SMILES string of the molecule is COc1ccc(-c2ccc(C#N)cc2Br)c(F)c1. The zero-order valence-corrected chi connectivity index (χ0v) is 11.2. The molecule has 0 saturated heterocycles. The lowest BCUT2D eigenvalue weighted by atomic mass is 10.0. The van der Waals surface area contributed by atoms with Gasteiger partial charge < -0.3 is 4.74 Å². The summed E-state index contributed by atoms with van der Waals surface area (Å²) >= 11 is 3.35. The molecule has 0 radical (unpaired) electrons. The number of methoxy groups -OCH3 is 1. The van der Waals surface area contributed by atoms with Crippen molar-refractivity contribution in [2.45, 2.75) is 0 Å². The maximum atomic E-state index is 13.9. The molecule has 0 saturated carbocycles. The highest BCUT2D eigenvalue weighted by atomic mass is 79.9. The van der Waals surface area contributed by atoms with Crippen LogP contribution < -0.4 is 4.74 Å². The molecule has 0 amide bonds. The summed E-state index contributed by atoms with van der Waals surface area (Å²) in [5.41, 5.74) is 1.70. The van der Waals surface area contributed by atoms with Crippen molar-refractivity contribution in [3.8, 4) is 22.9 Å². The van der Waals surface area contributed by atoms with Crippen molar-refractivity contribution >= 4 is 15.9 Å². The van der Waals surface area contributed by atoms with Crippen LogP contribution in [-0.4, -0.2) is 7.11 Å². The van der Waals surface area contributed by atoms with E-state index in [1.807, 2.05) is 6.07 Å². The summed E-state index contributed by atoms with van der Waals surface area (Å²) < 4.78 is 19.6. The van der Waals surface area contributed by atoms with Gasteiger partial charge in [-0.1, -0.05) is 22.0 Å². The second-order valence-electron chi connectivity index (χ2n) is 3.65. The lowest BCUT2D eigenvalue weighted by molar-refractivity contribution is 0.411. The molecule has 0 heterocycles. The van der Waals surface area contributed by atoms with Gasteiger partial charge in [0.15, 0.2) is 0 Å². The average Bonchev–Trinajstić information content (AvgIpc) is 2.39. The zero-order valence-electron chi connectivity index (χ0n) is 9.58. The normalized spacial score (nSPS) is 9.89. The van der Waals surface area contributed by atoms with Gasteiger partial charge >= 0.3 is 0 Å². The Labute approximate surface area is 113 Å². The van der Waals surface area contributed by atoms with Crippen LogP contribution in [0.4, 0.5) is 4.39 Å². The molecule has 90 valence electrons. The van der Waals surface area contributed by atoms with E-state index in [0.717, 1.165) is 0 Å². The van der Waals surface area contributed by atoms with Crippen molar-refractivity contribution in [2.75, 3.05) is 7.11 Å². The van der Waals surface area contributed by atoms with Gasteiger partial charge in [0.2, 0.25) is 0 Å². The van der Waals surface area contributed by atoms with E-state index in [9.17, 15) is 4.39 Å². The van der Waals surface area contributed by atoms with Crippen LogP contribution >= 0.6 is 15.9 Å². The van der Waals surface area contributed by atoms with Gasteiger partial charge in [-0.2, -0.15) is 5.26 Å². The van der Waals surface area contributed by atoms with Crippen molar-refractivity contribution in [1.82, 2.24) is 0 Å². The molecule has 0 unspecified atom stereocenters. The first-order valence-corrected chi connectivity index (χ1v) is 5.98. The van der Waals surface area contributed by atoms with Crippen LogP contribution in [0.3, 0.4) is 0 Å². The largest absolute Gasteiger partial charge is 0.497 e.